The van der Waals surface area contributed by atoms with Crippen molar-refractivity contribution in [2.24, 2.45) is 11.8 Å². The van der Waals surface area contributed by atoms with E-state index in [1.54, 1.807) is 4.90 Å². The Morgan fingerprint density at radius 3 is 1.79 bits per heavy atom. The standard InChI is InChI=1S/C23H27NO5/c25-22(26)17-28-15-18-11-13-19(14-12-18)16-29-23(27)24(20-7-3-1-4-8-20)21-9-5-2-6-10-21/h1-10,18-19H,11-17H2,(H,25,26). The topological polar surface area (TPSA) is 76.1 Å². The first-order valence-corrected chi connectivity index (χ1v) is 10.00. The number of benzene rings is 2. The molecule has 1 fully saturated rings. The number of nitrogens with zero attached hydrogens (tertiary/aromatic N) is 1. The second-order valence-corrected chi connectivity index (χ2v) is 7.38. The highest BCUT2D eigenvalue weighted by atomic mass is 16.6. The van der Waals surface area contributed by atoms with Crippen LogP contribution >= 0.6 is 0 Å². The first-order valence-electron chi connectivity index (χ1n) is 10.00. The molecule has 0 saturated heterocycles. The molecule has 0 aromatic heterocycles. The minimum absolute atomic E-state index is 0.244. The number of rotatable bonds is 8. The van der Waals surface area contributed by atoms with Crippen LogP contribution in [0.25, 0.3) is 0 Å². The fraction of sp³-hybridized carbons (Fsp3) is 0.391. The number of amides is 1. The lowest BCUT2D eigenvalue weighted by Gasteiger charge is -2.29. The average molecular weight is 397 g/mol. The lowest BCUT2D eigenvalue weighted by atomic mass is 9.83. The van der Waals surface area contributed by atoms with Crippen LogP contribution < -0.4 is 4.90 Å². The number of hydrogen-bond donors (Lipinski definition) is 1. The normalized spacial score (nSPS) is 18.8. The largest absolute Gasteiger partial charge is 0.480 e. The summed E-state index contributed by atoms with van der Waals surface area (Å²) < 4.78 is 10.9. The predicted octanol–water partition coefficient (Wildman–Crippen LogP) is 4.87. The Labute approximate surface area is 171 Å². The summed E-state index contributed by atoms with van der Waals surface area (Å²) in [5, 5.41) is 8.64. The van der Waals surface area contributed by atoms with Crippen molar-refractivity contribution < 1.29 is 24.2 Å². The number of carboxylic acid groups (broad SMARTS) is 1. The molecule has 1 saturated carbocycles. The zero-order valence-corrected chi connectivity index (χ0v) is 16.4. The van der Waals surface area contributed by atoms with Gasteiger partial charge in [-0.05, 0) is 61.8 Å². The van der Waals surface area contributed by atoms with Crippen LogP contribution in [0.4, 0.5) is 16.2 Å². The van der Waals surface area contributed by atoms with Gasteiger partial charge in [0.2, 0.25) is 0 Å². The van der Waals surface area contributed by atoms with E-state index in [9.17, 15) is 9.59 Å². The van der Waals surface area contributed by atoms with Crippen LogP contribution in [0.2, 0.25) is 0 Å². The van der Waals surface area contributed by atoms with E-state index in [1.807, 2.05) is 60.7 Å². The van der Waals surface area contributed by atoms with Crippen molar-refractivity contribution in [3.05, 3.63) is 60.7 Å². The number of carbonyl (C=O) groups is 2. The molecule has 154 valence electrons. The Morgan fingerprint density at radius 2 is 1.31 bits per heavy atom. The van der Waals surface area contributed by atoms with Gasteiger partial charge in [-0.25, -0.2) is 14.5 Å². The highest BCUT2D eigenvalue weighted by molar-refractivity contribution is 5.95. The molecule has 0 aliphatic heterocycles. The molecule has 2 aromatic rings. The molecule has 0 atom stereocenters. The molecule has 6 heteroatoms. The monoisotopic (exact) mass is 397 g/mol. The lowest BCUT2D eigenvalue weighted by molar-refractivity contribution is -0.142. The van der Waals surface area contributed by atoms with Gasteiger partial charge in [0, 0.05) is 0 Å². The van der Waals surface area contributed by atoms with Gasteiger partial charge in [0.15, 0.2) is 0 Å². The van der Waals surface area contributed by atoms with Crippen molar-refractivity contribution in [1.82, 2.24) is 0 Å². The van der Waals surface area contributed by atoms with Gasteiger partial charge in [-0.2, -0.15) is 0 Å². The maximum Gasteiger partial charge on any atom is 0.418 e. The summed E-state index contributed by atoms with van der Waals surface area (Å²) in [6.07, 6.45) is 3.44. The quantitative estimate of drug-likeness (QED) is 0.688. The molecule has 1 aliphatic carbocycles. The number of carboxylic acids is 1. The van der Waals surface area contributed by atoms with E-state index in [1.165, 1.54) is 0 Å². The van der Waals surface area contributed by atoms with Gasteiger partial charge < -0.3 is 14.6 Å². The van der Waals surface area contributed by atoms with Gasteiger partial charge in [-0.15, -0.1) is 0 Å². The van der Waals surface area contributed by atoms with E-state index >= 15 is 0 Å². The summed E-state index contributed by atoms with van der Waals surface area (Å²) in [5.74, 6) is -0.235. The average Bonchev–Trinajstić information content (AvgIpc) is 2.75. The molecule has 1 aliphatic rings. The number of anilines is 2. The second kappa shape index (κ2) is 10.6. The number of ether oxygens (including phenoxy) is 2. The highest BCUT2D eigenvalue weighted by Gasteiger charge is 2.25. The Bertz CT molecular complexity index is 733. The fourth-order valence-electron chi connectivity index (χ4n) is 3.65. The molecule has 2 aromatic carbocycles. The van der Waals surface area contributed by atoms with Crippen molar-refractivity contribution in [1.29, 1.82) is 0 Å². The van der Waals surface area contributed by atoms with Gasteiger partial charge in [-0.3, -0.25) is 0 Å². The molecular weight excluding hydrogens is 370 g/mol. The molecular formula is C23H27NO5. The summed E-state index contributed by atoms with van der Waals surface area (Å²) in [5.41, 5.74) is 1.53. The molecule has 3 rings (SSSR count). The van der Waals surface area contributed by atoms with Gasteiger partial charge in [0.25, 0.3) is 0 Å². The van der Waals surface area contributed by atoms with Gasteiger partial charge >= 0.3 is 12.1 Å². The maximum atomic E-state index is 12.9. The highest BCUT2D eigenvalue weighted by Crippen LogP contribution is 2.30. The smallest absolute Gasteiger partial charge is 0.418 e. The second-order valence-electron chi connectivity index (χ2n) is 7.38. The van der Waals surface area contributed by atoms with Gasteiger partial charge in [0.1, 0.15) is 6.61 Å². The van der Waals surface area contributed by atoms with Crippen molar-refractivity contribution in [3.8, 4) is 0 Å². The number of carbonyl (C=O) groups excluding carboxylic acids is 1. The Kier molecular flexibility index (Phi) is 7.64. The minimum Gasteiger partial charge on any atom is -0.480 e. The van der Waals surface area contributed by atoms with Crippen LogP contribution in [-0.2, 0) is 14.3 Å². The zero-order valence-electron chi connectivity index (χ0n) is 16.4. The lowest BCUT2D eigenvalue weighted by Crippen LogP contribution is -2.30. The Hall–Kier alpha value is -2.86. The van der Waals surface area contributed by atoms with E-state index in [-0.39, 0.29) is 12.7 Å². The molecule has 0 unspecified atom stereocenters. The molecule has 0 spiro atoms. The number of aliphatic carboxylic acids is 1. The van der Waals surface area contributed by atoms with Gasteiger partial charge in [0.05, 0.1) is 24.6 Å². The summed E-state index contributed by atoms with van der Waals surface area (Å²) in [6.45, 7) is 0.624. The van der Waals surface area contributed by atoms with Crippen molar-refractivity contribution in [3.63, 3.8) is 0 Å². The Morgan fingerprint density at radius 1 is 0.828 bits per heavy atom. The van der Waals surface area contributed by atoms with E-state index in [0.717, 1.165) is 37.1 Å². The van der Waals surface area contributed by atoms with Crippen LogP contribution in [0.15, 0.2) is 60.7 Å². The van der Waals surface area contributed by atoms with E-state index < -0.39 is 5.97 Å². The van der Waals surface area contributed by atoms with Crippen molar-refractivity contribution >= 4 is 23.4 Å². The number of hydrogen-bond acceptors (Lipinski definition) is 4. The van der Waals surface area contributed by atoms with Crippen LogP contribution in [0.5, 0.6) is 0 Å². The Balaban J connectivity index is 1.52. The molecule has 0 radical (unpaired) electrons. The SMILES string of the molecule is O=C(O)COCC1CCC(COC(=O)N(c2ccccc2)c2ccccc2)CC1. The molecule has 0 heterocycles. The van der Waals surface area contributed by atoms with Crippen LogP contribution in [0.1, 0.15) is 25.7 Å². The zero-order chi connectivity index (χ0) is 20.5. The third-order valence-corrected chi connectivity index (χ3v) is 5.20. The summed E-state index contributed by atoms with van der Waals surface area (Å²) in [6, 6.07) is 18.9. The van der Waals surface area contributed by atoms with Crippen molar-refractivity contribution in [2.45, 2.75) is 25.7 Å². The molecule has 6 nitrogen and oxygen atoms in total. The molecule has 1 amide bonds. The molecule has 0 bridgehead atoms. The van der Waals surface area contributed by atoms with E-state index in [0.29, 0.717) is 25.0 Å². The fourth-order valence-corrected chi connectivity index (χ4v) is 3.65. The summed E-state index contributed by atoms with van der Waals surface area (Å²) in [4.78, 5) is 25.0. The van der Waals surface area contributed by atoms with Crippen LogP contribution in [0, 0.1) is 11.8 Å². The molecule has 1 N–H and O–H groups in total. The van der Waals surface area contributed by atoms with E-state index in [4.69, 9.17) is 14.6 Å². The first kappa shape index (κ1) is 20.9. The third-order valence-electron chi connectivity index (χ3n) is 5.20. The van der Waals surface area contributed by atoms with Gasteiger partial charge in [-0.1, -0.05) is 36.4 Å². The van der Waals surface area contributed by atoms with Crippen LogP contribution in [-0.4, -0.2) is 37.0 Å². The first-order chi connectivity index (χ1) is 14.1. The maximum absolute atomic E-state index is 12.9. The van der Waals surface area contributed by atoms with E-state index in [2.05, 4.69) is 0 Å². The third kappa shape index (κ3) is 6.32. The summed E-state index contributed by atoms with van der Waals surface area (Å²) in [7, 11) is 0. The van der Waals surface area contributed by atoms with Crippen molar-refractivity contribution in [2.75, 3.05) is 24.7 Å². The molecule has 29 heavy (non-hydrogen) atoms. The van der Waals surface area contributed by atoms with Crippen LogP contribution in [0.3, 0.4) is 0 Å². The predicted molar refractivity (Wildman–Crippen MR) is 110 cm³/mol. The summed E-state index contributed by atoms with van der Waals surface area (Å²) >= 11 is 0. The number of para-hydroxylation sites is 2. The minimum atomic E-state index is -0.938.